The molecule has 0 fully saturated rings. The smallest absolute Gasteiger partial charge is 0.167 e. The Labute approximate surface area is 479 Å². The highest BCUT2D eigenvalue weighted by molar-refractivity contribution is 6.09. The summed E-state index contributed by atoms with van der Waals surface area (Å²) in [6.07, 6.45) is 0. The van der Waals surface area contributed by atoms with Gasteiger partial charge in [0.15, 0.2) is 17.5 Å². The van der Waals surface area contributed by atoms with Crippen LogP contribution in [0.1, 0.15) is 44.5 Å². The molecule has 83 heavy (non-hydrogen) atoms. The summed E-state index contributed by atoms with van der Waals surface area (Å²) in [7, 11) is 0. The molecular weight excluding hydrogens is 1010 g/mol. The lowest BCUT2D eigenvalue weighted by atomic mass is 9.64. The van der Waals surface area contributed by atoms with Gasteiger partial charge in [-0.3, -0.25) is 0 Å². The van der Waals surface area contributed by atoms with Crippen LogP contribution in [0.3, 0.4) is 0 Å². The number of furan rings is 1. The van der Waals surface area contributed by atoms with Gasteiger partial charge in [0.05, 0.1) is 39.1 Å². The highest BCUT2D eigenvalue weighted by atomic mass is 16.3. The van der Waals surface area contributed by atoms with Crippen molar-refractivity contribution in [2.75, 3.05) is 9.80 Å². The maximum atomic E-state index is 6.77. The van der Waals surface area contributed by atoms with E-state index in [1.807, 2.05) is 12.1 Å². The molecule has 2 spiro atoms. The van der Waals surface area contributed by atoms with Gasteiger partial charge in [-0.1, -0.05) is 206 Å². The van der Waals surface area contributed by atoms with E-state index in [2.05, 4.69) is 283 Å². The van der Waals surface area contributed by atoms with Crippen LogP contribution in [-0.4, -0.2) is 15.0 Å². The van der Waals surface area contributed by atoms with E-state index >= 15 is 0 Å². The third-order valence-electron chi connectivity index (χ3n) is 18.1. The van der Waals surface area contributed by atoms with Crippen LogP contribution in [0.2, 0.25) is 0 Å². The van der Waals surface area contributed by atoms with Crippen molar-refractivity contribution in [3.05, 3.63) is 330 Å². The van der Waals surface area contributed by atoms with Crippen molar-refractivity contribution in [2.45, 2.75) is 10.8 Å². The first kappa shape index (κ1) is 45.9. The Morgan fingerprint density at radius 1 is 0.265 bits per heavy atom. The van der Waals surface area contributed by atoms with Crippen LogP contribution in [0.4, 0.5) is 34.1 Å². The van der Waals surface area contributed by atoms with Gasteiger partial charge in [0.25, 0.3) is 0 Å². The first-order valence-corrected chi connectivity index (χ1v) is 28.4. The molecule has 6 nitrogen and oxygen atoms in total. The molecule has 2 aliphatic carbocycles. The maximum Gasteiger partial charge on any atom is 0.167 e. The molecule has 6 heteroatoms. The Balaban J connectivity index is 0.887. The monoisotopic (exact) mass is 1060 g/mol. The Hall–Kier alpha value is -11.0. The zero-order valence-electron chi connectivity index (χ0n) is 44.8. The van der Waals surface area contributed by atoms with Gasteiger partial charge >= 0.3 is 0 Å². The van der Waals surface area contributed by atoms with Crippen LogP contribution in [0.15, 0.2) is 290 Å². The molecular formula is C77H47N5O. The van der Waals surface area contributed by atoms with E-state index < -0.39 is 10.8 Å². The lowest BCUT2D eigenvalue weighted by molar-refractivity contribution is 0.669. The Kier molecular flexibility index (Phi) is 9.55. The number of para-hydroxylation sites is 7. The number of anilines is 6. The van der Waals surface area contributed by atoms with Gasteiger partial charge in [-0.05, 0) is 146 Å². The summed E-state index contributed by atoms with van der Waals surface area (Å²) in [4.78, 5) is 21.5. The van der Waals surface area contributed by atoms with E-state index in [1.54, 1.807) is 0 Å². The average Bonchev–Trinajstić information content (AvgIpc) is 1.69. The van der Waals surface area contributed by atoms with E-state index in [1.165, 1.54) is 55.6 Å². The molecule has 0 N–H and O–H groups in total. The minimum Gasteiger partial charge on any atom is -0.455 e. The van der Waals surface area contributed by atoms with Crippen molar-refractivity contribution in [3.8, 4) is 56.4 Å². The van der Waals surface area contributed by atoms with Gasteiger partial charge in [-0.2, -0.15) is 0 Å². The van der Waals surface area contributed by atoms with E-state index in [-0.39, 0.29) is 0 Å². The molecule has 4 aliphatic rings. The lowest BCUT2D eigenvalue weighted by Crippen LogP contribution is -2.36. The normalized spacial score (nSPS) is 14.2. The Morgan fingerprint density at radius 3 is 1.24 bits per heavy atom. The second-order valence-electron chi connectivity index (χ2n) is 22.1. The molecule has 2 aliphatic heterocycles. The Morgan fingerprint density at radius 2 is 0.663 bits per heavy atom. The molecule has 0 atom stereocenters. The molecule has 0 amide bonds. The zero-order valence-corrected chi connectivity index (χ0v) is 44.8. The summed E-state index contributed by atoms with van der Waals surface area (Å²) in [6.45, 7) is 0. The molecule has 4 heterocycles. The van der Waals surface area contributed by atoms with Crippen molar-refractivity contribution < 1.29 is 4.42 Å². The second-order valence-corrected chi connectivity index (χ2v) is 22.1. The van der Waals surface area contributed by atoms with Gasteiger partial charge < -0.3 is 14.2 Å². The number of benzene rings is 12. The number of nitrogens with zero attached hydrogens (tertiary/aromatic N) is 5. The van der Waals surface area contributed by atoms with Gasteiger partial charge in [0, 0.05) is 33.3 Å². The minimum absolute atomic E-state index is 0.531. The third-order valence-corrected chi connectivity index (χ3v) is 18.1. The molecule has 0 radical (unpaired) electrons. The SMILES string of the molecule is c1ccc(N2c3ccccc3C3(c4ccccc4-c4cc(-c5nc(-c6ccc7c(c6)C6(c8ccccc8-c8ccccc86)c6ccccc6N7c6ccccc6)nc(-c6cccc7c6oc6ccccc67)n5)ccc43)c3ccccc32)cc1. The number of rotatable bonds is 5. The highest BCUT2D eigenvalue weighted by Gasteiger charge is 2.53. The summed E-state index contributed by atoms with van der Waals surface area (Å²) in [5.41, 5.74) is 24.2. The van der Waals surface area contributed by atoms with Crippen LogP contribution in [0.25, 0.3) is 78.4 Å². The van der Waals surface area contributed by atoms with E-state index in [0.29, 0.717) is 17.5 Å². The van der Waals surface area contributed by atoms with Crippen LogP contribution < -0.4 is 9.80 Å². The number of hydrogen-bond donors (Lipinski definition) is 0. The molecule has 0 saturated carbocycles. The summed E-state index contributed by atoms with van der Waals surface area (Å²) < 4.78 is 6.77. The number of hydrogen-bond acceptors (Lipinski definition) is 6. The van der Waals surface area contributed by atoms with Gasteiger partial charge in [-0.25, -0.2) is 15.0 Å². The quantitative estimate of drug-likeness (QED) is 0.171. The molecule has 0 unspecified atom stereocenters. The fourth-order valence-corrected chi connectivity index (χ4v) is 14.9. The van der Waals surface area contributed by atoms with Crippen molar-refractivity contribution >= 4 is 56.1 Å². The van der Waals surface area contributed by atoms with Crippen LogP contribution in [0.5, 0.6) is 0 Å². The first-order valence-electron chi connectivity index (χ1n) is 28.4. The topological polar surface area (TPSA) is 58.3 Å². The predicted molar refractivity (Wildman–Crippen MR) is 335 cm³/mol. The van der Waals surface area contributed by atoms with E-state index in [4.69, 9.17) is 19.4 Å². The zero-order chi connectivity index (χ0) is 54.4. The molecule has 18 rings (SSSR count). The summed E-state index contributed by atoms with van der Waals surface area (Å²) in [5, 5.41) is 2.05. The van der Waals surface area contributed by atoms with E-state index in [9.17, 15) is 0 Å². The van der Waals surface area contributed by atoms with Gasteiger partial charge in [0.2, 0.25) is 0 Å². The summed E-state index contributed by atoms with van der Waals surface area (Å²) in [5.74, 6) is 1.66. The molecule has 386 valence electrons. The van der Waals surface area contributed by atoms with Crippen molar-refractivity contribution in [1.82, 2.24) is 15.0 Å². The van der Waals surface area contributed by atoms with Crippen LogP contribution in [-0.2, 0) is 10.8 Å². The molecule has 0 bridgehead atoms. The molecule has 2 aromatic heterocycles. The van der Waals surface area contributed by atoms with Crippen LogP contribution in [0, 0.1) is 0 Å². The van der Waals surface area contributed by atoms with Crippen molar-refractivity contribution in [1.29, 1.82) is 0 Å². The fraction of sp³-hybridized carbons (Fsp3) is 0.0260. The van der Waals surface area contributed by atoms with Crippen molar-refractivity contribution in [2.24, 2.45) is 0 Å². The highest BCUT2D eigenvalue weighted by Crippen LogP contribution is 2.65. The Bertz CT molecular complexity index is 4930. The maximum absolute atomic E-state index is 6.77. The third kappa shape index (κ3) is 6.18. The van der Waals surface area contributed by atoms with Crippen LogP contribution >= 0.6 is 0 Å². The lowest BCUT2D eigenvalue weighted by Gasteiger charge is -2.45. The molecule has 0 saturated heterocycles. The van der Waals surface area contributed by atoms with E-state index in [0.717, 1.165) is 83.9 Å². The average molecular weight is 1060 g/mol. The first-order chi connectivity index (χ1) is 41.2. The number of aromatic nitrogens is 3. The fourth-order valence-electron chi connectivity index (χ4n) is 14.9. The molecule has 12 aromatic carbocycles. The summed E-state index contributed by atoms with van der Waals surface area (Å²) >= 11 is 0. The van der Waals surface area contributed by atoms with Crippen molar-refractivity contribution in [3.63, 3.8) is 0 Å². The minimum atomic E-state index is -0.670. The second kappa shape index (κ2) is 17.3. The van der Waals surface area contributed by atoms with Gasteiger partial charge in [-0.15, -0.1) is 0 Å². The van der Waals surface area contributed by atoms with Gasteiger partial charge in [0.1, 0.15) is 11.2 Å². The summed E-state index contributed by atoms with van der Waals surface area (Å²) in [6, 6.07) is 103. The standard InChI is InChI=1S/C77H47N5O/c1-3-22-50(23-4-1)81-67-38-17-14-35-63(67)76(64-36-15-18-39-68(64)81)61-34-13-9-28-54(61)58-46-48(42-44-62(58)76)73-78-74(80-75(79-73)57-31-21-30-56-55-29-10-20-41-71(55)83-72(56)57)49-43-45-70-66(47-49)77(59-32-11-7-26-52(59)53-27-8-12-33-60(53)77)65-37-16-19-40-69(65)82(70)51-24-5-2-6-25-51/h1-47H. The number of fused-ring (bicyclic) bond motifs is 21. The molecule has 14 aromatic rings. The largest absolute Gasteiger partial charge is 0.455 e. The predicted octanol–water partition coefficient (Wildman–Crippen LogP) is 19.1.